The van der Waals surface area contributed by atoms with Gasteiger partial charge in [0.05, 0.1) is 26.1 Å². The summed E-state index contributed by atoms with van der Waals surface area (Å²) in [6.07, 6.45) is 1.37. The van der Waals surface area contributed by atoms with Crippen LogP contribution in [0.15, 0.2) is 30.5 Å². The van der Waals surface area contributed by atoms with Crippen molar-refractivity contribution in [3.8, 4) is 0 Å². The van der Waals surface area contributed by atoms with Gasteiger partial charge in [0.15, 0.2) is 5.78 Å². The number of hydrogen-bond donors (Lipinski definition) is 0. The van der Waals surface area contributed by atoms with E-state index in [9.17, 15) is 9.36 Å². The molecule has 0 radical (unpaired) electrons. The molecule has 0 aliphatic carbocycles. The molecule has 0 amide bonds. The Morgan fingerprint density at radius 1 is 1.05 bits per heavy atom. The van der Waals surface area contributed by atoms with Crippen molar-refractivity contribution in [1.29, 1.82) is 0 Å². The maximum atomic E-state index is 13.1. The van der Waals surface area contributed by atoms with Gasteiger partial charge in [-0.15, -0.1) is 0 Å². The van der Waals surface area contributed by atoms with Crippen LogP contribution in [0.2, 0.25) is 0 Å². The molecule has 0 aliphatic rings. The van der Waals surface area contributed by atoms with Crippen molar-refractivity contribution in [3.63, 3.8) is 0 Å². The molecule has 0 saturated heterocycles. The molecule has 1 aromatic carbocycles. The minimum Gasteiger partial charge on any atom is -0.501 e. The highest BCUT2D eigenvalue weighted by Crippen LogP contribution is 2.60. The van der Waals surface area contributed by atoms with E-state index in [1.54, 1.807) is 38.1 Å². The molecule has 0 fully saturated rings. The zero-order valence-corrected chi connectivity index (χ0v) is 14.4. The van der Waals surface area contributed by atoms with E-state index in [1.807, 2.05) is 6.92 Å². The first kappa shape index (κ1) is 18.6. The van der Waals surface area contributed by atoms with Gasteiger partial charge in [0.1, 0.15) is 5.31 Å². The summed E-state index contributed by atoms with van der Waals surface area (Å²) in [7, 11) is -3.56. The molecular formula is C16H23O5P. The van der Waals surface area contributed by atoms with E-state index in [0.29, 0.717) is 17.7 Å². The molecule has 0 unspecified atom stereocenters. The first-order valence-electron chi connectivity index (χ1n) is 7.31. The Bertz CT molecular complexity index is 570. The lowest BCUT2D eigenvalue weighted by atomic mass is 10.0. The lowest BCUT2D eigenvalue weighted by Crippen LogP contribution is -2.04. The third-order valence-corrected chi connectivity index (χ3v) is 4.97. The quantitative estimate of drug-likeness (QED) is 0.380. The van der Waals surface area contributed by atoms with E-state index < -0.39 is 7.60 Å². The van der Waals surface area contributed by atoms with E-state index in [4.69, 9.17) is 13.8 Å². The van der Waals surface area contributed by atoms with Crippen molar-refractivity contribution in [2.45, 2.75) is 27.7 Å². The molecule has 0 bridgehead atoms. The van der Waals surface area contributed by atoms with Crippen LogP contribution >= 0.6 is 7.60 Å². The number of rotatable bonds is 9. The van der Waals surface area contributed by atoms with Gasteiger partial charge in [-0.3, -0.25) is 9.36 Å². The maximum Gasteiger partial charge on any atom is 0.365 e. The average Bonchev–Trinajstić information content (AvgIpc) is 2.48. The van der Waals surface area contributed by atoms with Gasteiger partial charge < -0.3 is 13.8 Å². The SMILES string of the molecule is CCO/C=C(\c1ccccc1C(C)=O)P(=O)(OCC)OCC. The molecule has 1 aromatic rings. The predicted molar refractivity (Wildman–Crippen MR) is 86.9 cm³/mol. The van der Waals surface area contributed by atoms with Gasteiger partial charge in [-0.2, -0.15) is 0 Å². The fraction of sp³-hybridized carbons (Fsp3) is 0.438. The van der Waals surface area contributed by atoms with Gasteiger partial charge in [-0.1, -0.05) is 24.3 Å². The molecule has 5 nitrogen and oxygen atoms in total. The minimum absolute atomic E-state index is 0.127. The largest absolute Gasteiger partial charge is 0.501 e. The highest BCUT2D eigenvalue weighted by atomic mass is 31.2. The van der Waals surface area contributed by atoms with Crippen LogP contribution in [0.25, 0.3) is 5.31 Å². The summed E-state index contributed by atoms with van der Waals surface area (Å²) in [5.74, 6) is -0.127. The van der Waals surface area contributed by atoms with E-state index in [-0.39, 0.29) is 24.3 Å². The van der Waals surface area contributed by atoms with E-state index in [0.717, 1.165) is 0 Å². The second-order valence-electron chi connectivity index (χ2n) is 4.39. The Kier molecular flexibility index (Phi) is 7.52. The van der Waals surface area contributed by atoms with E-state index in [1.165, 1.54) is 13.2 Å². The predicted octanol–water partition coefficient (Wildman–Crippen LogP) is 4.49. The summed E-state index contributed by atoms with van der Waals surface area (Å²) in [4.78, 5) is 11.8. The van der Waals surface area contributed by atoms with Crippen LogP contribution in [-0.2, 0) is 18.3 Å². The summed E-state index contributed by atoms with van der Waals surface area (Å²) in [5.41, 5.74) is 0.960. The van der Waals surface area contributed by atoms with E-state index >= 15 is 0 Å². The molecule has 22 heavy (non-hydrogen) atoms. The number of Topliss-reactive ketones (excluding diaryl/α,β-unsaturated/α-hetero) is 1. The van der Waals surface area contributed by atoms with Crippen LogP contribution < -0.4 is 0 Å². The van der Waals surface area contributed by atoms with Crippen molar-refractivity contribution in [1.82, 2.24) is 0 Å². The normalized spacial score (nSPS) is 12.3. The third kappa shape index (κ3) is 4.54. The molecule has 0 aliphatic heterocycles. The Hall–Kier alpha value is -1.42. The molecule has 0 N–H and O–H groups in total. The number of hydrogen-bond acceptors (Lipinski definition) is 5. The van der Waals surface area contributed by atoms with Crippen LogP contribution in [-0.4, -0.2) is 25.6 Å². The summed E-state index contributed by atoms with van der Waals surface area (Å²) >= 11 is 0. The molecule has 0 aromatic heterocycles. The molecule has 0 saturated carbocycles. The second-order valence-corrected chi connectivity index (χ2v) is 6.39. The van der Waals surface area contributed by atoms with Crippen LogP contribution in [0.5, 0.6) is 0 Å². The highest BCUT2D eigenvalue weighted by molar-refractivity contribution is 7.65. The van der Waals surface area contributed by atoms with Crippen molar-refractivity contribution in [2.75, 3.05) is 19.8 Å². The minimum atomic E-state index is -3.56. The van der Waals surface area contributed by atoms with Crippen molar-refractivity contribution in [2.24, 2.45) is 0 Å². The number of ketones is 1. The van der Waals surface area contributed by atoms with Crippen LogP contribution in [0.3, 0.4) is 0 Å². The Balaban J connectivity index is 3.47. The molecule has 122 valence electrons. The third-order valence-electron chi connectivity index (χ3n) is 2.84. The highest BCUT2D eigenvalue weighted by Gasteiger charge is 2.33. The summed E-state index contributed by atoms with van der Waals surface area (Å²) in [5, 5.41) is 0.267. The van der Waals surface area contributed by atoms with Crippen LogP contribution in [0.1, 0.15) is 43.6 Å². The monoisotopic (exact) mass is 326 g/mol. The molecule has 0 heterocycles. The molecule has 0 spiro atoms. The standard InChI is InChI=1S/C16H23O5P/c1-5-19-12-16(22(18,20-6-2)21-7-3)15-11-9-8-10-14(15)13(4)17/h8-12H,5-7H2,1-4H3/b16-12+. The van der Waals surface area contributed by atoms with Gasteiger partial charge in [-0.25, -0.2) is 0 Å². The van der Waals surface area contributed by atoms with Crippen LogP contribution in [0.4, 0.5) is 0 Å². The molecular weight excluding hydrogens is 303 g/mol. The smallest absolute Gasteiger partial charge is 0.365 e. The van der Waals surface area contributed by atoms with Crippen molar-refractivity contribution < 1.29 is 23.1 Å². The first-order valence-corrected chi connectivity index (χ1v) is 8.86. The lowest BCUT2D eigenvalue weighted by Gasteiger charge is -2.21. The van der Waals surface area contributed by atoms with Gasteiger partial charge in [0, 0.05) is 11.1 Å². The summed E-state index contributed by atoms with van der Waals surface area (Å²) in [6.45, 7) is 7.61. The fourth-order valence-electron chi connectivity index (χ4n) is 1.97. The van der Waals surface area contributed by atoms with Gasteiger partial charge in [-0.05, 0) is 27.7 Å². The Labute approximate surface area is 131 Å². The molecule has 0 atom stereocenters. The molecule has 1 rings (SSSR count). The van der Waals surface area contributed by atoms with Gasteiger partial charge in [0.25, 0.3) is 0 Å². The first-order chi connectivity index (χ1) is 10.5. The zero-order valence-electron chi connectivity index (χ0n) is 13.5. The number of ether oxygens (including phenoxy) is 1. The molecule has 6 heteroatoms. The van der Waals surface area contributed by atoms with Crippen LogP contribution in [0, 0.1) is 0 Å². The Morgan fingerprint density at radius 2 is 1.59 bits per heavy atom. The fourth-order valence-corrected chi connectivity index (χ4v) is 3.69. The lowest BCUT2D eigenvalue weighted by molar-refractivity contribution is 0.101. The van der Waals surface area contributed by atoms with Crippen molar-refractivity contribution >= 4 is 18.7 Å². The number of carbonyl (C=O) groups excluding carboxylic acids is 1. The van der Waals surface area contributed by atoms with Crippen molar-refractivity contribution in [3.05, 3.63) is 41.7 Å². The van der Waals surface area contributed by atoms with Gasteiger partial charge >= 0.3 is 7.60 Å². The summed E-state index contributed by atoms with van der Waals surface area (Å²) < 4.78 is 29.2. The van der Waals surface area contributed by atoms with Gasteiger partial charge in [0.2, 0.25) is 0 Å². The van der Waals surface area contributed by atoms with E-state index in [2.05, 4.69) is 0 Å². The second kappa shape index (κ2) is 8.89. The maximum absolute atomic E-state index is 13.1. The number of benzene rings is 1. The average molecular weight is 326 g/mol. The number of carbonyl (C=O) groups is 1. The summed E-state index contributed by atoms with van der Waals surface area (Å²) in [6, 6.07) is 6.92. The topological polar surface area (TPSA) is 61.8 Å². The Morgan fingerprint density at radius 3 is 2.05 bits per heavy atom. The zero-order chi connectivity index (χ0) is 16.6.